The molecule has 0 bridgehead atoms. The maximum Gasteiger partial charge on any atom is 0.301 e. The maximum atomic E-state index is 13.2. The van der Waals surface area contributed by atoms with Crippen LogP contribution in [-0.4, -0.2) is 27.0 Å². The quantitative estimate of drug-likeness (QED) is 0.0992. The molecule has 3 heterocycles. The molecule has 1 atom stereocenters. The highest BCUT2D eigenvalue weighted by Gasteiger charge is 2.48. The lowest BCUT2D eigenvalue weighted by Crippen LogP contribution is -2.29. The van der Waals surface area contributed by atoms with E-state index in [2.05, 4.69) is 34.5 Å². The predicted octanol–water partition coefficient (Wildman–Crippen LogP) is 6.48. The number of carbonyl (C=O) groups is 2. The number of rotatable bonds is 6. The zero-order valence-corrected chi connectivity index (χ0v) is 21.5. The number of ketones is 1. The molecule has 6 nitrogen and oxygen atoms in total. The van der Waals surface area contributed by atoms with Crippen molar-refractivity contribution in [1.82, 2.24) is 10.2 Å². The molecular formula is C25H18ClN3O3S3. The number of benzene rings is 2. The van der Waals surface area contributed by atoms with Gasteiger partial charge in [0.25, 0.3) is 5.78 Å². The summed E-state index contributed by atoms with van der Waals surface area (Å²) in [5, 5.41) is 22.2. The van der Waals surface area contributed by atoms with Crippen molar-refractivity contribution >= 4 is 68.6 Å². The smallest absolute Gasteiger partial charge is 0.301 e. The van der Waals surface area contributed by atoms with Crippen molar-refractivity contribution in [1.29, 1.82) is 0 Å². The fourth-order valence-electron chi connectivity index (χ4n) is 3.70. The SMILES string of the molecule is Cc1ccc(CSc2nnc(N3C(=O)C(=O)/C(=C(\O)c4ccc(Cl)cc4)C3c3cccs3)s2)cc1. The zero-order chi connectivity index (χ0) is 24.5. The molecule has 1 aliphatic rings. The van der Waals surface area contributed by atoms with Gasteiger partial charge in [-0.3, -0.25) is 14.5 Å². The van der Waals surface area contributed by atoms with Crippen molar-refractivity contribution in [3.63, 3.8) is 0 Å². The van der Waals surface area contributed by atoms with Gasteiger partial charge < -0.3 is 5.11 Å². The number of aromatic nitrogens is 2. The molecule has 10 heteroatoms. The molecule has 2 aromatic heterocycles. The predicted molar refractivity (Wildman–Crippen MR) is 141 cm³/mol. The fourth-order valence-corrected chi connectivity index (χ4v) is 6.47. The van der Waals surface area contributed by atoms with Crippen LogP contribution in [0.2, 0.25) is 5.02 Å². The number of aliphatic hydroxyl groups excluding tert-OH is 1. The molecule has 0 radical (unpaired) electrons. The Hall–Kier alpha value is -2.98. The van der Waals surface area contributed by atoms with E-state index in [1.807, 2.05) is 24.4 Å². The number of nitrogens with zero attached hydrogens (tertiary/aromatic N) is 3. The molecule has 0 saturated carbocycles. The van der Waals surface area contributed by atoms with Crippen LogP contribution in [0.25, 0.3) is 5.76 Å². The summed E-state index contributed by atoms with van der Waals surface area (Å²) in [5.41, 5.74) is 2.77. The normalized spacial score (nSPS) is 17.3. The molecule has 35 heavy (non-hydrogen) atoms. The van der Waals surface area contributed by atoms with Crippen LogP contribution in [0.3, 0.4) is 0 Å². The van der Waals surface area contributed by atoms with E-state index in [-0.39, 0.29) is 11.3 Å². The number of aliphatic hydroxyl groups is 1. The molecule has 1 aliphatic heterocycles. The number of thioether (sulfide) groups is 1. The molecule has 0 spiro atoms. The molecule has 1 N–H and O–H groups in total. The summed E-state index contributed by atoms with van der Waals surface area (Å²) in [5.74, 6) is -1.05. The Labute approximate surface area is 218 Å². The first-order chi connectivity index (χ1) is 16.9. The third-order valence-electron chi connectivity index (χ3n) is 5.46. The highest BCUT2D eigenvalue weighted by molar-refractivity contribution is 8.00. The standard InChI is InChI=1S/C25H18ClN3O3S3/c1-14-4-6-15(7-5-14)13-34-25-28-27-24(35-25)29-20(18-3-2-12-33-18)19(22(31)23(29)32)21(30)16-8-10-17(26)11-9-16/h2-12,20,30H,13H2,1H3/b21-19-. The Bertz CT molecular complexity index is 1410. The molecule has 2 aromatic carbocycles. The fraction of sp³-hybridized carbons (Fsp3) is 0.120. The molecule has 176 valence electrons. The van der Waals surface area contributed by atoms with E-state index in [0.29, 0.717) is 25.8 Å². The minimum atomic E-state index is -0.798. The van der Waals surface area contributed by atoms with Crippen molar-refractivity contribution in [3.05, 3.63) is 98.2 Å². The number of amides is 1. The number of carbonyl (C=O) groups excluding carboxylic acids is 2. The molecular weight excluding hydrogens is 522 g/mol. The number of thiophene rings is 1. The Morgan fingerprint density at radius 3 is 2.51 bits per heavy atom. The first-order valence-electron chi connectivity index (χ1n) is 10.5. The van der Waals surface area contributed by atoms with E-state index >= 15 is 0 Å². The Balaban J connectivity index is 1.49. The number of anilines is 1. The van der Waals surface area contributed by atoms with Gasteiger partial charge >= 0.3 is 5.91 Å². The minimum absolute atomic E-state index is 0.0174. The second kappa shape index (κ2) is 9.94. The van der Waals surface area contributed by atoms with Gasteiger partial charge in [0, 0.05) is 21.2 Å². The van der Waals surface area contributed by atoms with Gasteiger partial charge in [-0.2, -0.15) is 0 Å². The zero-order valence-electron chi connectivity index (χ0n) is 18.3. The third kappa shape index (κ3) is 4.77. The number of hydrogen-bond acceptors (Lipinski definition) is 8. The van der Waals surface area contributed by atoms with Gasteiger partial charge in [-0.05, 0) is 48.2 Å². The van der Waals surface area contributed by atoms with Crippen LogP contribution in [0.1, 0.15) is 27.6 Å². The van der Waals surface area contributed by atoms with Crippen molar-refractivity contribution in [2.45, 2.75) is 23.1 Å². The van der Waals surface area contributed by atoms with Gasteiger partial charge in [0.15, 0.2) is 4.34 Å². The number of Topliss-reactive ketones (excluding diaryl/α,β-unsaturated/α-hetero) is 1. The van der Waals surface area contributed by atoms with E-state index in [4.69, 9.17) is 11.6 Å². The van der Waals surface area contributed by atoms with Gasteiger partial charge in [-0.1, -0.05) is 70.6 Å². The van der Waals surface area contributed by atoms with Crippen LogP contribution in [-0.2, 0) is 15.3 Å². The summed E-state index contributed by atoms with van der Waals surface area (Å²) in [7, 11) is 0. The molecule has 1 unspecified atom stereocenters. The summed E-state index contributed by atoms with van der Waals surface area (Å²) < 4.78 is 0.685. The summed E-state index contributed by atoms with van der Waals surface area (Å²) in [6.07, 6.45) is 0. The largest absolute Gasteiger partial charge is 0.507 e. The first-order valence-corrected chi connectivity index (χ1v) is 13.6. The molecule has 5 rings (SSSR count). The van der Waals surface area contributed by atoms with Gasteiger partial charge in [-0.15, -0.1) is 21.5 Å². The number of aryl methyl sites for hydroxylation is 1. The second-order valence-electron chi connectivity index (χ2n) is 7.82. The van der Waals surface area contributed by atoms with Crippen LogP contribution >= 0.6 is 46.0 Å². The monoisotopic (exact) mass is 539 g/mol. The average Bonchev–Trinajstić information content (AvgIpc) is 3.60. The molecule has 4 aromatic rings. The highest BCUT2D eigenvalue weighted by atomic mass is 35.5. The van der Waals surface area contributed by atoms with E-state index in [1.54, 1.807) is 24.3 Å². The third-order valence-corrected chi connectivity index (χ3v) is 8.76. The Morgan fingerprint density at radius 2 is 1.83 bits per heavy atom. The summed E-state index contributed by atoms with van der Waals surface area (Å²) in [6, 6.07) is 17.6. The van der Waals surface area contributed by atoms with Crippen molar-refractivity contribution in [3.8, 4) is 0 Å². The average molecular weight is 540 g/mol. The van der Waals surface area contributed by atoms with E-state index < -0.39 is 17.7 Å². The summed E-state index contributed by atoms with van der Waals surface area (Å²) >= 11 is 10.1. The second-order valence-corrected chi connectivity index (χ2v) is 11.4. The van der Waals surface area contributed by atoms with Gasteiger partial charge in [0.05, 0.1) is 5.57 Å². The highest BCUT2D eigenvalue weighted by Crippen LogP contribution is 2.45. The Kier molecular flexibility index (Phi) is 6.75. The Morgan fingerprint density at radius 1 is 1.09 bits per heavy atom. The van der Waals surface area contributed by atoms with Crippen molar-refractivity contribution in [2.75, 3.05) is 4.90 Å². The summed E-state index contributed by atoms with van der Waals surface area (Å²) in [4.78, 5) is 28.4. The minimum Gasteiger partial charge on any atom is -0.507 e. The molecule has 0 aliphatic carbocycles. The number of halogens is 1. The van der Waals surface area contributed by atoms with E-state index in [1.165, 1.54) is 44.9 Å². The molecule has 1 fully saturated rings. The van der Waals surface area contributed by atoms with Gasteiger partial charge in [0.2, 0.25) is 5.13 Å². The topological polar surface area (TPSA) is 83.4 Å². The van der Waals surface area contributed by atoms with E-state index in [9.17, 15) is 14.7 Å². The van der Waals surface area contributed by atoms with Crippen LogP contribution in [0, 0.1) is 6.92 Å². The molecule has 1 amide bonds. The lowest BCUT2D eigenvalue weighted by molar-refractivity contribution is -0.132. The van der Waals surface area contributed by atoms with Crippen LogP contribution < -0.4 is 4.90 Å². The van der Waals surface area contributed by atoms with Crippen LogP contribution in [0.15, 0.2) is 76.0 Å². The first kappa shape index (κ1) is 23.7. The lowest BCUT2D eigenvalue weighted by atomic mass is 10.00. The van der Waals surface area contributed by atoms with Gasteiger partial charge in [-0.25, -0.2) is 0 Å². The number of hydrogen-bond donors (Lipinski definition) is 1. The maximum absolute atomic E-state index is 13.2. The van der Waals surface area contributed by atoms with E-state index in [0.717, 1.165) is 10.4 Å². The van der Waals surface area contributed by atoms with Crippen molar-refractivity contribution < 1.29 is 14.7 Å². The van der Waals surface area contributed by atoms with Crippen LogP contribution in [0.4, 0.5) is 5.13 Å². The lowest BCUT2D eigenvalue weighted by Gasteiger charge is -2.20. The summed E-state index contributed by atoms with van der Waals surface area (Å²) in [6.45, 7) is 2.04. The van der Waals surface area contributed by atoms with Gasteiger partial charge in [0.1, 0.15) is 11.8 Å². The molecule has 1 saturated heterocycles. The van der Waals surface area contributed by atoms with Crippen molar-refractivity contribution in [2.24, 2.45) is 0 Å². The van der Waals surface area contributed by atoms with Crippen LogP contribution in [0.5, 0.6) is 0 Å².